The monoisotopic (exact) mass is 356 g/mol. The summed E-state index contributed by atoms with van der Waals surface area (Å²) in [5.41, 5.74) is 5.19. The van der Waals surface area contributed by atoms with Gasteiger partial charge >= 0.3 is 0 Å². The Morgan fingerprint density at radius 2 is 2.04 bits per heavy atom. The first kappa shape index (κ1) is 18.4. The number of rotatable bonds is 6. The molecule has 0 spiro atoms. The van der Waals surface area contributed by atoms with Crippen LogP contribution >= 0.6 is 12.4 Å². The molecule has 0 amide bonds. The Labute approximate surface area is 144 Å². The van der Waals surface area contributed by atoms with Gasteiger partial charge in [-0.1, -0.05) is 0 Å². The number of nitrogens with two attached hydrogens (primary N) is 1. The predicted octanol–water partition coefficient (Wildman–Crippen LogP) is 3.05. The third-order valence-electron chi connectivity index (χ3n) is 3.81. The highest BCUT2D eigenvalue weighted by Gasteiger charge is 2.49. The largest absolute Gasteiger partial charge is 0.489 e. The molecule has 0 radical (unpaired) electrons. The molecule has 24 heavy (non-hydrogen) atoms. The van der Waals surface area contributed by atoms with Gasteiger partial charge in [0.15, 0.2) is 17.3 Å². The fourth-order valence-corrected chi connectivity index (χ4v) is 2.24. The standard InChI is InChI=1S/C16H18F2N4O.ClH/c1-22-15(16(18)6-7-16)20-14(21-22)12-2-4-13(5-3-12)23-10-11(8-17)9-19;/h2-5,8H,6-7,9-10,19H2,1H3;1H/b11-8+;. The van der Waals surface area contributed by atoms with Crippen LogP contribution in [0.5, 0.6) is 5.75 Å². The van der Waals surface area contributed by atoms with Gasteiger partial charge in [-0.25, -0.2) is 18.4 Å². The van der Waals surface area contributed by atoms with E-state index >= 15 is 0 Å². The number of aryl methyl sites for hydroxylation is 1. The van der Waals surface area contributed by atoms with E-state index in [4.69, 9.17) is 10.5 Å². The van der Waals surface area contributed by atoms with Crippen LogP contribution < -0.4 is 10.5 Å². The van der Waals surface area contributed by atoms with E-state index in [1.54, 1.807) is 31.3 Å². The van der Waals surface area contributed by atoms with Crippen molar-refractivity contribution in [2.24, 2.45) is 12.8 Å². The number of halogens is 3. The van der Waals surface area contributed by atoms with Crippen LogP contribution in [0.3, 0.4) is 0 Å². The van der Waals surface area contributed by atoms with Gasteiger partial charge in [-0.3, -0.25) is 0 Å². The molecule has 1 saturated carbocycles. The van der Waals surface area contributed by atoms with Gasteiger partial charge in [-0.15, -0.1) is 12.4 Å². The van der Waals surface area contributed by atoms with Gasteiger partial charge < -0.3 is 10.5 Å². The van der Waals surface area contributed by atoms with Gasteiger partial charge in [-0.05, 0) is 37.1 Å². The van der Waals surface area contributed by atoms with Crippen molar-refractivity contribution < 1.29 is 13.5 Å². The van der Waals surface area contributed by atoms with E-state index in [1.807, 2.05) is 0 Å². The van der Waals surface area contributed by atoms with E-state index in [-0.39, 0.29) is 25.6 Å². The first-order valence-corrected chi connectivity index (χ1v) is 7.37. The van der Waals surface area contributed by atoms with Crippen LogP contribution in [0.4, 0.5) is 8.78 Å². The molecule has 0 unspecified atom stereocenters. The Morgan fingerprint density at radius 1 is 1.38 bits per heavy atom. The van der Waals surface area contributed by atoms with Gasteiger partial charge in [-0.2, -0.15) is 5.10 Å². The Hall–Kier alpha value is -1.99. The number of benzene rings is 1. The molecular formula is C16H19ClF2N4O. The van der Waals surface area contributed by atoms with Crippen LogP contribution in [-0.2, 0) is 12.7 Å². The maximum atomic E-state index is 14.1. The molecule has 2 N–H and O–H groups in total. The van der Waals surface area contributed by atoms with Crippen molar-refractivity contribution in [2.45, 2.75) is 18.5 Å². The van der Waals surface area contributed by atoms with Gasteiger partial charge in [0.05, 0.1) is 6.33 Å². The lowest BCUT2D eigenvalue weighted by Gasteiger charge is -2.07. The van der Waals surface area contributed by atoms with E-state index in [0.717, 1.165) is 5.56 Å². The zero-order valence-electron chi connectivity index (χ0n) is 13.2. The lowest BCUT2D eigenvalue weighted by molar-refractivity contribution is 0.290. The molecule has 1 aliphatic rings. The van der Waals surface area contributed by atoms with Crippen molar-refractivity contribution in [3.05, 3.63) is 42.0 Å². The van der Waals surface area contributed by atoms with Crippen LogP contribution in [-0.4, -0.2) is 27.9 Å². The predicted molar refractivity (Wildman–Crippen MR) is 89.4 cm³/mol. The average molecular weight is 357 g/mol. The summed E-state index contributed by atoms with van der Waals surface area (Å²) >= 11 is 0. The van der Waals surface area contributed by atoms with Gasteiger partial charge in [0, 0.05) is 24.7 Å². The molecule has 5 nitrogen and oxygen atoms in total. The second-order valence-corrected chi connectivity index (χ2v) is 5.63. The fraction of sp³-hybridized carbons (Fsp3) is 0.375. The molecule has 1 aromatic heterocycles. The van der Waals surface area contributed by atoms with E-state index < -0.39 is 5.67 Å². The minimum absolute atomic E-state index is 0. The molecule has 0 bridgehead atoms. The lowest BCUT2D eigenvalue weighted by atomic mass is 10.2. The number of ether oxygens (including phenoxy) is 1. The van der Waals surface area contributed by atoms with Crippen molar-refractivity contribution in [3.8, 4) is 17.1 Å². The maximum Gasteiger partial charge on any atom is 0.181 e. The summed E-state index contributed by atoms with van der Waals surface area (Å²) in [6, 6.07) is 7.04. The third kappa shape index (κ3) is 3.73. The Bertz CT molecular complexity index is 726. The van der Waals surface area contributed by atoms with E-state index in [2.05, 4.69) is 10.1 Å². The highest BCUT2D eigenvalue weighted by Crippen LogP contribution is 2.48. The van der Waals surface area contributed by atoms with Gasteiger partial charge in [0.25, 0.3) is 0 Å². The minimum Gasteiger partial charge on any atom is -0.489 e. The highest BCUT2D eigenvalue weighted by atomic mass is 35.5. The molecule has 1 aliphatic carbocycles. The number of nitrogens with zero attached hydrogens (tertiary/aromatic N) is 3. The molecule has 1 fully saturated rings. The SMILES string of the molecule is Cl.Cn1nc(-c2ccc(OC/C(=C/F)CN)cc2)nc1C1(F)CC1. The third-order valence-corrected chi connectivity index (χ3v) is 3.81. The fourth-order valence-electron chi connectivity index (χ4n) is 2.24. The number of aromatic nitrogens is 3. The van der Waals surface area contributed by atoms with Crippen LogP contribution in [0.1, 0.15) is 18.7 Å². The molecule has 1 heterocycles. The maximum absolute atomic E-state index is 14.1. The van der Waals surface area contributed by atoms with Crippen LogP contribution in [0.2, 0.25) is 0 Å². The average Bonchev–Trinajstić information content (AvgIpc) is 3.18. The van der Waals surface area contributed by atoms with Crippen LogP contribution in [0, 0.1) is 0 Å². The van der Waals surface area contributed by atoms with Crippen LogP contribution in [0.15, 0.2) is 36.2 Å². The Morgan fingerprint density at radius 3 is 2.58 bits per heavy atom. The summed E-state index contributed by atoms with van der Waals surface area (Å²) in [6.07, 6.45) is 1.45. The molecule has 130 valence electrons. The molecule has 1 aromatic carbocycles. The molecule has 3 rings (SSSR count). The molecular weight excluding hydrogens is 338 g/mol. The normalized spacial score (nSPS) is 15.8. The van der Waals surface area contributed by atoms with Crippen molar-refractivity contribution in [2.75, 3.05) is 13.2 Å². The summed E-state index contributed by atoms with van der Waals surface area (Å²) < 4.78 is 33.5. The van der Waals surface area contributed by atoms with Crippen molar-refractivity contribution in [3.63, 3.8) is 0 Å². The summed E-state index contributed by atoms with van der Waals surface area (Å²) in [5, 5.41) is 4.27. The van der Waals surface area contributed by atoms with E-state index in [9.17, 15) is 8.78 Å². The molecule has 0 saturated heterocycles. The van der Waals surface area contributed by atoms with Crippen LogP contribution in [0.25, 0.3) is 11.4 Å². The smallest absolute Gasteiger partial charge is 0.181 e. The quantitative estimate of drug-likeness (QED) is 0.864. The summed E-state index contributed by atoms with van der Waals surface area (Å²) in [5.74, 6) is 1.43. The summed E-state index contributed by atoms with van der Waals surface area (Å²) in [6.45, 7) is 0.211. The summed E-state index contributed by atoms with van der Waals surface area (Å²) in [7, 11) is 1.70. The zero-order chi connectivity index (χ0) is 16.4. The van der Waals surface area contributed by atoms with Crippen molar-refractivity contribution in [1.29, 1.82) is 0 Å². The molecule has 0 aliphatic heterocycles. The van der Waals surface area contributed by atoms with E-state index in [1.165, 1.54) is 4.68 Å². The molecule has 8 heteroatoms. The van der Waals surface area contributed by atoms with Gasteiger partial charge in [0.1, 0.15) is 12.4 Å². The number of hydrogen-bond acceptors (Lipinski definition) is 4. The van der Waals surface area contributed by atoms with Gasteiger partial charge in [0.2, 0.25) is 0 Å². The zero-order valence-corrected chi connectivity index (χ0v) is 14.0. The topological polar surface area (TPSA) is 66.0 Å². The van der Waals surface area contributed by atoms with Crippen molar-refractivity contribution >= 4 is 12.4 Å². The van der Waals surface area contributed by atoms with E-state index in [0.29, 0.717) is 42.1 Å². The second-order valence-electron chi connectivity index (χ2n) is 5.63. The van der Waals surface area contributed by atoms with Crippen molar-refractivity contribution in [1.82, 2.24) is 14.8 Å². The molecule has 0 atom stereocenters. The first-order valence-electron chi connectivity index (χ1n) is 7.37. The Balaban J connectivity index is 0.00000208. The second kappa shape index (κ2) is 7.27. The minimum atomic E-state index is -1.32. The number of alkyl halides is 1. The highest BCUT2D eigenvalue weighted by molar-refractivity contribution is 5.85. The summed E-state index contributed by atoms with van der Waals surface area (Å²) in [4.78, 5) is 4.31. The lowest BCUT2D eigenvalue weighted by Crippen LogP contribution is -2.10. The molecule has 2 aromatic rings. The first-order chi connectivity index (χ1) is 11.1. The Kier molecular flexibility index (Phi) is 5.56. The number of hydrogen-bond donors (Lipinski definition) is 1.